The fraction of sp³-hybridized carbons (Fsp3) is 0.122. The number of nitrogens with zero attached hydrogens (tertiary/aromatic N) is 6. The van der Waals surface area contributed by atoms with E-state index in [-0.39, 0.29) is 0 Å². The quantitative estimate of drug-likeness (QED) is 0.110. The van der Waals surface area contributed by atoms with Gasteiger partial charge in [-0.15, -0.1) is 5.10 Å². The summed E-state index contributed by atoms with van der Waals surface area (Å²) < 4.78 is 1.98. The summed E-state index contributed by atoms with van der Waals surface area (Å²) in [6, 6.07) is 51.8. The van der Waals surface area contributed by atoms with Crippen molar-refractivity contribution in [3.63, 3.8) is 0 Å². The van der Waals surface area contributed by atoms with Crippen LogP contribution in [0.1, 0.15) is 35.6 Å². The first kappa shape index (κ1) is 31.8. The molecular weight excluding hydrogens is 626 g/mol. The SMILES string of the molecule is CCCN(Cc1ccc(-c2ccccc2-c2nnnn2C(c2ccccc2)(c2ccccc2)c2ccccc2)cc1)c1nc(Cl)ccc1N. The largest absolute Gasteiger partial charge is 0.396 e. The van der Waals surface area contributed by atoms with Crippen molar-refractivity contribution >= 4 is 23.1 Å². The van der Waals surface area contributed by atoms with Gasteiger partial charge >= 0.3 is 0 Å². The first-order chi connectivity index (χ1) is 24.1. The molecule has 0 aliphatic carbocycles. The summed E-state index contributed by atoms with van der Waals surface area (Å²) >= 11 is 6.24. The molecule has 7 rings (SSSR count). The minimum absolute atomic E-state index is 0.426. The van der Waals surface area contributed by atoms with E-state index in [0.29, 0.717) is 29.0 Å². The molecule has 2 heterocycles. The van der Waals surface area contributed by atoms with Gasteiger partial charge in [0, 0.05) is 18.7 Å². The van der Waals surface area contributed by atoms with Crippen LogP contribution in [0.3, 0.4) is 0 Å². The Bertz CT molecular complexity index is 2040. The van der Waals surface area contributed by atoms with Gasteiger partial charge in [0.1, 0.15) is 10.7 Å². The maximum absolute atomic E-state index is 6.31. The van der Waals surface area contributed by atoms with Gasteiger partial charge in [0.25, 0.3) is 0 Å². The Hall–Kier alpha value is -5.79. The molecule has 242 valence electrons. The van der Waals surface area contributed by atoms with E-state index in [9.17, 15) is 0 Å². The highest BCUT2D eigenvalue weighted by Crippen LogP contribution is 2.43. The zero-order valence-corrected chi connectivity index (χ0v) is 27.9. The molecule has 8 heteroatoms. The number of benzene rings is 5. The van der Waals surface area contributed by atoms with Crippen molar-refractivity contribution < 1.29 is 0 Å². The Balaban J connectivity index is 1.33. The molecule has 0 fully saturated rings. The van der Waals surface area contributed by atoms with Crippen LogP contribution in [0.15, 0.2) is 152 Å². The van der Waals surface area contributed by atoms with E-state index in [1.54, 1.807) is 6.07 Å². The second kappa shape index (κ2) is 14.1. The van der Waals surface area contributed by atoms with Crippen molar-refractivity contribution in [3.8, 4) is 22.5 Å². The zero-order chi connectivity index (χ0) is 33.6. The summed E-state index contributed by atoms with van der Waals surface area (Å²) in [5.41, 5.74) is 13.4. The number of hydrogen-bond acceptors (Lipinski definition) is 6. The molecule has 0 radical (unpaired) electrons. The summed E-state index contributed by atoms with van der Waals surface area (Å²) in [4.78, 5) is 6.71. The van der Waals surface area contributed by atoms with Gasteiger partial charge in [0.15, 0.2) is 11.6 Å². The number of nitrogens with two attached hydrogens (primary N) is 1. The summed E-state index contributed by atoms with van der Waals surface area (Å²) in [6.45, 7) is 3.60. The van der Waals surface area contributed by atoms with Gasteiger partial charge in [-0.05, 0) is 62.4 Å². The number of rotatable bonds is 11. The molecule has 0 saturated carbocycles. The number of tetrazole rings is 1. The van der Waals surface area contributed by atoms with Crippen molar-refractivity contribution in [2.45, 2.75) is 25.4 Å². The van der Waals surface area contributed by atoms with Crippen LogP contribution >= 0.6 is 11.6 Å². The number of hydrogen-bond donors (Lipinski definition) is 1. The normalized spacial score (nSPS) is 11.4. The Morgan fingerprint density at radius 1 is 0.673 bits per heavy atom. The molecule has 0 bridgehead atoms. The third-order valence-corrected chi connectivity index (χ3v) is 9.04. The highest BCUT2D eigenvalue weighted by molar-refractivity contribution is 6.29. The van der Waals surface area contributed by atoms with E-state index < -0.39 is 5.54 Å². The molecule has 0 aliphatic heterocycles. The molecule has 0 unspecified atom stereocenters. The number of nitrogen functional groups attached to an aromatic ring is 1. The van der Waals surface area contributed by atoms with E-state index in [1.165, 1.54) is 0 Å². The number of aromatic nitrogens is 5. The summed E-state index contributed by atoms with van der Waals surface area (Å²) in [7, 11) is 0. The highest BCUT2D eigenvalue weighted by atomic mass is 35.5. The maximum atomic E-state index is 6.31. The number of halogens is 1. The van der Waals surface area contributed by atoms with Crippen LogP contribution in [0.5, 0.6) is 0 Å². The predicted octanol–water partition coefficient (Wildman–Crippen LogP) is 8.89. The van der Waals surface area contributed by atoms with Crippen molar-refractivity contribution in [3.05, 3.63) is 179 Å². The number of pyridine rings is 1. The van der Waals surface area contributed by atoms with Crippen LogP contribution < -0.4 is 10.6 Å². The second-order valence-electron chi connectivity index (χ2n) is 11.9. The lowest BCUT2D eigenvalue weighted by atomic mass is 9.77. The minimum atomic E-state index is -0.849. The Morgan fingerprint density at radius 3 is 1.80 bits per heavy atom. The molecule has 0 atom stereocenters. The molecule has 0 amide bonds. The van der Waals surface area contributed by atoms with Gasteiger partial charge in [0.2, 0.25) is 0 Å². The van der Waals surface area contributed by atoms with Gasteiger partial charge in [0.05, 0.1) is 5.69 Å². The topological polar surface area (TPSA) is 85.8 Å². The molecule has 7 nitrogen and oxygen atoms in total. The van der Waals surface area contributed by atoms with E-state index in [2.05, 4.69) is 137 Å². The maximum Gasteiger partial charge on any atom is 0.184 e. The average molecular weight is 662 g/mol. The Kier molecular flexibility index (Phi) is 9.17. The minimum Gasteiger partial charge on any atom is -0.396 e. The fourth-order valence-corrected chi connectivity index (χ4v) is 6.79. The first-order valence-electron chi connectivity index (χ1n) is 16.4. The molecule has 0 saturated heterocycles. The van der Waals surface area contributed by atoms with Gasteiger partial charge in [-0.25, -0.2) is 9.67 Å². The third kappa shape index (κ3) is 6.17. The predicted molar refractivity (Wildman–Crippen MR) is 198 cm³/mol. The molecule has 2 aromatic heterocycles. The van der Waals surface area contributed by atoms with Crippen molar-refractivity contribution in [2.75, 3.05) is 17.2 Å². The van der Waals surface area contributed by atoms with Crippen molar-refractivity contribution in [1.82, 2.24) is 25.2 Å². The lowest BCUT2D eigenvalue weighted by Gasteiger charge is -2.36. The van der Waals surface area contributed by atoms with Gasteiger partial charge < -0.3 is 10.6 Å². The fourth-order valence-electron chi connectivity index (χ4n) is 6.64. The van der Waals surface area contributed by atoms with Crippen molar-refractivity contribution in [2.24, 2.45) is 0 Å². The van der Waals surface area contributed by atoms with Crippen LogP contribution in [-0.2, 0) is 12.1 Å². The van der Waals surface area contributed by atoms with Crippen LogP contribution in [-0.4, -0.2) is 31.7 Å². The monoisotopic (exact) mass is 661 g/mol. The molecule has 49 heavy (non-hydrogen) atoms. The van der Waals surface area contributed by atoms with Gasteiger partial charge in [-0.2, -0.15) is 0 Å². The zero-order valence-electron chi connectivity index (χ0n) is 27.2. The van der Waals surface area contributed by atoms with E-state index >= 15 is 0 Å². The van der Waals surface area contributed by atoms with E-state index in [0.717, 1.165) is 51.9 Å². The number of anilines is 2. The Labute approximate surface area is 291 Å². The van der Waals surface area contributed by atoms with Gasteiger partial charge in [-0.1, -0.05) is 158 Å². The Morgan fingerprint density at radius 2 is 1.22 bits per heavy atom. The average Bonchev–Trinajstić information content (AvgIpc) is 3.65. The highest BCUT2D eigenvalue weighted by Gasteiger charge is 2.42. The lowest BCUT2D eigenvalue weighted by molar-refractivity contribution is 0.451. The molecule has 0 aliphatic rings. The summed E-state index contributed by atoms with van der Waals surface area (Å²) in [5.74, 6) is 1.36. The third-order valence-electron chi connectivity index (χ3n) is 8.83. The van der Waals surface area contributed by atoms with E-state index in [4.69, 9.17) is 27.6 Å². The molecule has 2 N–H and O–H groups in total. The molecule has 7 aromatic rings. The first-order valence-corrected chi connectivity index (χ1v) is 16.8. The summed E-state index contributed by atoms with van der Waals surface area (Å²) in [6.07, 6.45) is 0.949. The molecule has 0 spiro atoms. The standard InChI is InChI=1S/C41H36ClN7/c1-2-28-48(40-37(43)26-27-38(42)44-40)29-30-22-24-31(25-23-30)35-20-12-13-21-36(35)39-45-46-47-49(39)41(32-14-6-3-7-15-32,33-16-8-4-9-17-33)34-18-10-5-11-19-34/h3-27H,2,28-29,43H2,1H3. The van der Waals surface area contributed by atoms with E-state index in [1.807, 2.05) is 35.0 Å². The van der Waals surface area contributed by atoms with Crippen LogP contribution in [0.4, 0.5) is 11.5 Å². The lowest BCUT2D eigenvalue weighted by Crippen LogP contribution is -2.39. The van der Waals surface area contributed by atoms with Crippen LogP contribution in [0.2, 0.25) is 5.15 Å². The van der Waals surface area contributed by atoms with Crippen LogP contribution in [0, 0.1) is 0 Å². The second-order valence-corrected chi connectivity index (χ2v) is 12.3. The smallest absolute Gasteiger partial charge is 0.184 e. The van der Waals surface area contributed by atoms with Gasteiger partial charge in [-0.3, -0.25) is 0 Å². The molecule has 5 aromatic carbocycles. The summed E-state index contributed by atoms with van der Waals surface area (Å²) in [5, 5.41) is 14.2. The van der Waals surface area contributed by atoms with Crippen LogP contribution in [0.25, 0.3) is 22.5 Å². The molecular formula is C41H36ClN7. The van der Waals surface area contributed by atoms with Crippen molar-refractivity contribution in [1.29, 1.82) is 0 Å².